The van der Waals surface area contributed by atoms with Crippen LogP contribution in [0.1, 0.15) is 75.1 Å². The van der Waals surface area contributed by atoms with E-state index in [0.717, 1.165) is 54.5 Å². The summed E-state index contributed by atoms with van der Waals surface area (Å²) in [4.78, 5) is 14.1. The van der Waals surface area contributed by atoms with Crippen molar-refractivity contribution in [1.82, 2.24) is 5.32 Å². The lowest BCUT2D eigenvalue weighted by Crippen LogP contribution is -2.54. The molecule has 0 aliphatic carbocycles. The molecule has 0 saturated carbocycles. The molecule has 4 aromatic rings. The van der Waals surface area contributed by atoms with Gasteiger partial charge in [0.15, 0.2) is 14.1 Å². The fourth-order valence-corrected chi connectivity index (χ4v) is 6.72. The number of carbonyl (C=O) groups is 1. The lowest BCUT2D eigenvalue weighted by Gasteiger charge is -2.40. The molecule has 244 valence electrons. The van der Waals surface area contributed by atoms with Crippen molar-refractivity contribution in [3.05, 3.63) is 144 Å². The molecular weight excluding hydrogens is 583 g/mol. The van der Waals surface area contributed by atoms with Crippen molar-refractivity contribution in [3.63, 3.8) is 0 Å². The Morgan fingerprint density at radius 3 is 1.61 bits per heavy atom. The van der Waals surface area contributed by atoms with Gasteiger partial charge in [-0.15, -0.1) is 0 Å². The van der Waals surface area contributed by atoms with E-state index in [-0.39, 0.29) is 17.4 Å². The molecule has 0 radical (unpaired) electrons. The van der Waals surface area contributed by atoms with Crippen molar-refractivity contribution >= 4 is 14.1 Å². The molecule has 1 N–H and O–H groups in total. The van der Waals surface area contributed by atoms with Gasteiger partial charge in [-0.25, -0.2) is 0 Å². The van der Waals surface area contributed by atoms with Gasteiger partial charge in [0.05, 0.1) is 24.8 Å². The zero-order valence-electron chi connectivity index (χ0n) is 28.5. The number of nitrogens with one attached hydrogen (secondary N) is 1. The first-order valence-corrected chi connectivity index (χ1v) is 19.8. The number of unbranched alkanes of at least 4 members (excludes halogenated alkanes) is 3. The number of benzene rings is 4. The summed E-state index contributed by atoms with van der Waals surface area (Å²) in [5, 5.41) is 4.13. The highest BCUT2D eigenvalue weighted by molar-refractivity contribution is 6.74. The Labute approximate surface area is 278 Å². The van der Waals surface area contributed by atoms with Crippen molar-refractivity contribution in [2.75, 3.05) is 13.2 Å². The molecule has 0 bridgehead atoms. The van der Waals surface area contributed by atoms with Gasteiger partial charge >= 0.3 is 0 Å². The van der Waals surface area contributed by atoms with Crippen LogP contribution in [0.25, 0.3) is 0 Å². The van der Waals surface area contributed by atoms with Gasteiger partial charge in [0.2, 0.25) is 0 Å². The zero-order chi connectivity index (χ0) is 32.9. The predicted molar refractivity (Wildman–Crippen MR) is 193 cm³/mol. The van der Waals surface area contributed by atoms with E-state index >= 15 is 0 Å². The summed E-state index contributed by atoms with van der Waals surface area (Å²) in [6.07, 6.45) is 4.45. The van der Waals surface area contributed by atoms with E-state index in [4.69, 9.17) is 9.16 Å². The van der Waals surface area contributed by atoms with Crippen LogP contribution in [0.15, 0.2) is 121 Å². The molecule has 4 rings (SSSR count). The van der Waals surface area contributed by atoms with Gasteiger partial charge < -0.3 is 9.16 Å². The zero-order valence-corrected chi connectivity index (χ0v) is 29.5. The molecule has 0 amide bonds. The monoisotopic (exact) mass is 635 g/mol. The summed E-state index contributed by atoms with van der Waals surface area (Å²) >= 11 is 0. The number of Topliss-reactive ketones (excluding diaryl/α,β-unsaturated/α-hetero) is 1. The summed E-state index contributed by atoms with van der Waals surface area (Å²) in [7, 11) is -1.73. The van der Waals surface area contributed by atoms with E-state index in [1.54, 1.807) is 0 Å². The van der Waals surface area contributed by atoms with Gasteiger partial charge in [0, 0.05) is 13.0 Å². The Bertz CT molecular complexity index is 1340. The minimum Gasteiger partial charge on any atom is -0.417 e. The minimum absolute atomic E-state index is 0.178. The fourth-order valence-electron chi connectivity index (χ4n) is 5.63. The van der Waals surface area contributed by atoms with Gasteiger partial charge in [0.1, 0.15) is 0 Å². The van der Waals surface area contributed by atoms with Gasteiger partial charge in [-0.1, -0.05) is 155 Å². The van der Waals surface area contributed by atoms with Crippen LogP contribution >= 0.6 is 0 Å². The molecule has 1 atom stereocenters. The van der Waals surface area contributed by atoms with Gasteiger partial charge in [-0.2, -0.15) is 0 Å². The van der Waals surface area contributed by atoms with E-state index in [1.807, 2.05) is 36.4 Å². The lowest BCUT2D eigenvalue weighted by molar-refractivity contribution is -0.123. The highest BCUT2D eigenvalue weighted by Gasteiger charge is 2.40. The molecule has 46 heavy (non-hydrogen) atoms. The van der Waals surface area contributed by atoms with Crippen LogP contribution in [0.4, 0.5) is 0 Å². The fraction of sp³-hybridized carbons (Fsp3) is 0.390. The van der Waals surface area contributed by atoms with Crippen molar-refractivity contribution in [2.24, 2.45) is 0 Å². The molecule has 0 saturated heterocycles. The van der Waals surface area contributed by atoms with Gasteiger partial charge in [-0.3, -0.25) is 10.1 Å². The summed E-state index contributed by atoms with van der Waals surface area (Å²) in [5.41, 5.74) is 3.58. The van der Waals surface area contributed by atoms with Crippen molar-refractivity contribution < 1.29 is 14.0 Å². The second kappa shape index (κ2) is 17.0. The van der Waals surface area contributed by atoms with E-state index in [1.165, 1.54) is 0 Å². The summed E-state index contributed by atoms with van der Waals surface area (Å²) in [6, 6.07) is 41.0. The van der Waals surface area contributed by atoms with Crippen molar-refractivity contribution in [1.29, 1.82) is 0 Å². The molecule has 0 aliphatic heterocycles. The standard InChI is InChI=1S/C41H53NO3Si/c1-40(2,3)46(4,5)45-31-21-7-6-20-30-39(43)38(33-44-32-34-22-12-8-13-23-34)42-41(35-24-14-9-15-25-35,36-26-16-10-17-27-36)37-28-18-11-19-29-37/h8-19,22-29,38,42H,6-7,20-21,30-33H2,1-5H3/t38-/m0/s1. The normalized spacial score (nSPS) is 13.0. The summed E-state index contributed by atoms with van der Waals surface area (Å²) in [6.45, 7) is 13.0. The topological polar surface area (TPSA) is 47.6 Å². The predicted octanol–water partition coefficient (Wildman–Crippen LogP) is 9.69. The minimum atomic E-state index is -1.73. The Kier molecular flexibility index (Phi) is 13.1. The van der Waals surface area contributed by atoms with Crippen LogP contribution in [-0.4, -0.2) is 33.4 Å². The Hall–Kier alpha value is -3.35. The molecule has 0 aromatic heterocycles. The summed E-state index contributed by atoms with van der Waals surface area (Å²) in [5.74, 6) is 0.178. The molecule has 0 aliphatic rings. The van der Waals surface area contributed by atoms with Gasteiger partial charge in [0.25, 0.3) is 0 Å². The molecule has 4 nitrogen and oxygen atoms in total. The Morgan fingerprint density at radius 1 is 0.674 bits per heavy atom. The first-order chi connectivity index (χ1) is 22.1. The number of hydrogen-bond donors (Lipinski definition) is 1. The SMILES string of the molecule is CC(C)(C)[Si](C)(C)OCCCCCCC(=O)[C@H](COCc1ccccc1)NC(c1ccccc1)(c1ccccc1)c1ccccc1. The maximum absolute atomic E-state index is 14.1. The molecule has 0 unspecified atom stereocenters. The largest absolute Gasteiger partial charge is 0.417 e. The first-order valence-electron chi connectivity index (χ1n) is 16.9. The quantitative estimate of drug-likeness (QED) is 0.0672. The number of carbonyl (C=O) groups excluding carboxylic acids is 1. The highest BCUT2D eigenvalue weighted by atomic mass is 28.4. The first kappa shape index (κ1) is 35.5. The molecule has 0 heterocycles. The third-order valence-corrected chi connectivity index (χ3v) is 13.9. The van der Waals surface area contributed by atoms with E-state index in [2.05, 4.69) is 124 Å². The van der Waals surface area contributed by atoms with E-state index in [0.29, 0.717) is 13.0 Å². The molecule has 0 fully saturated rings. The number of ketones is 1. The number of hydrogen-bond acceptors (Lipinski definition) is 4. The Balaban J connectivity index is 1.53. The maximum atomic E-state index is 14.1. The maximum Gasteiger partial charge on any atom is 0.191 e. The van der Waals surface area contributed by atoms with E-state index < -0.39 is 19.9 Å². The average molecular weight is 636 g/mol. The van der Waals surface area contributed by atoms with Crippen molar-refractivity contribution in [2.45, 2.75) is 89.2 Å². The number of ether oxygens (including phenoxy) is 1. The van der Waals surface area contributed by atoms with Crippen LogP contribution in [0.3, 0.4) is 0 Å². The third-order valence-electron chi connectivity index (χ3n) is 9.38. The number of rotatable bonds is 18. The van der Waals surface area contributed by atoms with Crippen LogP contribution < -0.4 is 5.32 Å². The second-order valence-electron chi connectivity index (χ2n) is 13.8. The average Bonchev–Trinajstić information content (AvgIpc) is 3.07. The third kappa shape index (κ3) is 9.58. The van der Waals surface area contributed by atoms with Crippen molar-refractivity contribution in [3.8, 4) is 0 Å². The molecule has 0 spiro atoms. The molecule has 4 aromatic carbocycles. The van der Waals surface area contributed by atoms with Crippen LogP contribution in [0.2, 0.25) is 18.1 Å². The highest BCUT2D eigenvalue weighted by Crippen LogP contribution is 2.38. The second-order valence-corrected chi connectivity index (χ2v) is 18.6. The van der Waals surface area contributed by atoms with Crippen LogP contribution in [0.5, 0.6) is 0 Å². The lowest BCUT2D eigenvalue weighted by atomic mass is 9.76. The summed E-state index contributed by atoms with van der Waals surface area (Å²) < 4.78 is 12.6. The molecular formula is C41H53NO3Si. The van der Waals surface area contributed by atoms with Crippen LogP contribution in [0, 0.1) is 0 Å². The van der Waals surface area contributed by atoms with E-state index in [9.17, 15) is 4.79 Å². The van der Waals surface area contributed by atoms with Gasteiger partial charge in [-0.05, 0) is 53.2 Å². The Morgan fingerprint density at radius 2 is 1.13 bits per heavy atom. The smallest absolute Gasteiger partial charge is 0.191 e. The van der Waals surface area contributed by atoms with Crippen LogP contribution in [-0.2, 0) is 26.1 Å². The molecule has 5 heteroatoms.